The highest BCUT2D eigenvalue weighted by molar-refractivity contribution is 9.10. The Morgan fingerprint density at radius 2 is 1.79 bits per heavy atom. The molecule has 6 heteroatoms. The molecule has 5 nitrogen and oxygen atoms in total. The number of pyridine rings is 1. The van der Waals surface area contributed by atoms with E-state index < -0.39 is 5.91 Å². The average Bonchev–Trinajstić information content (AvgIpc) is 2.41. The lowest BCUT2D eigenvalue weighted by atomic mass is 10.2. The van der Waals surface area contributed by atoms with Crippen molar-refractivity contribution in [2.75, 3.05) is 5.32 Å². The van der Waals surface area contributed by atoms with E-state index in [4.69, 9.17) is 5.73 Å². The number of anilines is 1. The Labute approximate surface area is 118 Å². The largest absolute Gasteiger partial charge is 0.364 e. The molecule has 96 valence electrons. The Morgan fingerprint density at radius 1 is 1.11 bits per heavy atom. The van der Waals surface area contributed by atoms with Gasteiger partial charge in [0, 0.05) is 16.4 Å². The molecule has 3 N–H and O–H groups in total. The summed E-state index contributed by atoms with van der Waals surface area (Å²) < 4.78 is 0.929. The zero-order chi connectivity index (χ0) is 13.8. The fourth-order valence-corrected chi connectivity index (χ4v) is 1.67. The minimum absolute atomic E-state index is 0.125. The number of nitrogens with one attached hydrogen (secondary N) is 1. The summed E-state index contributed by atoms with van der Waals surface area (Å²) in [4.78, 5) is 26.6. The molecule has 2 rings (SSSR count). The first kappa shape index (κ1) is 13.2. The third kappa shape index (κ3) is 3.38. The number of primary amides is 1. The molecule has 1 aromatic carbocycles. The number of benzene rings is 1. The van der Waals surface area contributed by atoms with E-state index in [0.717, 1.165) is 4.47 Å². The molecule has 1 heterocycles. The highest BCUT2D eigenvalue weighted by atomic mass is 79.9. The maximum Gasteiger partial charge on any atom is 0.267 e. The number of aromatic nitrogens is 1. The van der Waals surface area contributed by atoms with Crippen molar-refractivity contribution in [2.45, 2.75) is 0 Å². The van der Waals surface area contributed by atoms with E-state index in [1.54, 1.807) is 12.1 Å². The zero-order valence-corrected chi connectivity index (χ0v) is 11.3. The molecule has 0 saturated heterocycles. The van der Waals surface area contributed by atoms with Crippen molar-refractivity contribution in [1.82, 2.24) is 4.98 Å². The molecule has 0 unspecified atom stereocenters. The summed E-state index contributed by atoms with van der Waals surface area (Å²) in [6.45, 7) is 0. The summed E-state index contributed by atoms with van der Waals surface area (Å²) in [5.74, 6) is -0.925. The SMILES string of the molecule is NC(=O)c1ccc(C(=O)Nc2ccc(Br)cc2)cn1. The Bertz CT molecular complexity index is 609. The van der Waals surface area contributed by atoms with Crippen LogP contribution in [0.15, 0.2) is 47.1 Å². The lowest BCUT2D eigenvalue weighted by Gasteiger charge is -2.05. The number of nitrogens with two attached hydrogens (primary N) is 1. The quantitative estimate of drug-likeness (QED) is 0.909. The highest BCUT2D eigenvalue weighted by Gasteiger charge is 2.08. The number of rotatable bonds is 3. The van der Waals surface area contributed by atoms with Crippen molar-refractivity contribution >= 4 is 33.4 Å². The van der Waals surface area contributed by atoms with Crippen LogP contribution in [-0.4, -0.2) is 16.8 Å². The van der Waals surface area contributed by atoms with Crippen molar-refractivity contribution in [2.24, 2.45) is 5.73 Å². The minimum Gasteiger partial charge on any atom is -0.364 e. The Hall–Kier alpha value is -2.21. The van der Waals surface area contributed by atoms with Gasteiger partial charge in [-0.1, -0.05) is 15.9 Å². The van der Waals surface area contributed by atoms with E-state index in [1.165, 1.54) is 18.3 Å². The lowest BCUT2D eigenvalue weighted by molar-refractivity contribution is 0.0990. The van der Waals surface area contributed by atoms with Crippen molar-refractivity contribution in [1.29, 1.82) is 0 Å². The number of hydrogen-bond donors (Lipinski definition) is 2. The van der Waals surface area contributed by atoms with Crippen molar-refractivity contribution in [3.8, 4) is 0 Å². The van der Waals surface area contributed by atoms with Crippen LogP contribution in [0.25, 0.3) is 0 Å². The maximum atomic E-state index is 11.9. The second kappa shape index (κ2) is 5.62. The van der Waals surface area contributed by atoms with Gasteiger partial charge < -0.3 is 11.1 Å². The summed E-state index contributed by atoms with van der Waals surface area (Å²) in [6.07, 6.45) is 1.31. The Balaban J connectivity index is 2.11. The third-order valence-electron chi connectivity index (χ3n) is 2.38. The van der Waals surface area contributed by atoms with Gasteiger partial charge in [-0.05, 0) is 36.4 Å². The van der Waals surface area contributed by atoms with E-state index in [2.05, 4.69) is 26.2 Å². The Kier molecular flexibility index (Phi) is 3.91. The highest BCUT2D eigenvalue weighted by Crippen LogP contribution is 2.15. The molecule has 0 aliphatic rings. The van der Waals surface area contributed by atoms with Gasteiger partial charge >= 0.3 is 0 Å². The molecule has 0 bridgehead atoms. The summed E-state index contributed by atoms with van der Waals surface area (Å²) in [7, 11) is 0. The second-order valence-electron chi connectivity index (χ2n) is 3.76. The summed E-state index contributed by atoms with van der Waals surface area (Å²) in [6, 6.07) is 10.1. The second-order valence-corrected chi connectivity index (χ2v) is 4.67. The van der Waals surface area contributed by atoms with Gasteiger partial charge in [-0.3, -0.25) is 14.6 Å². The van der Waals surface area contributed by atoms with Crippen LogP contribution < -0.4 is 11.1 Å². The minimum atomic E-state index is -0.625. The van der Waals surface area contributed by atoms with Crippen LogP contribution in [-0.2, 0) is 0 Å². The van der Waals surface area contributed by atoms with Gasteiger partial charge in [-0.2, -0.15) is 0 Å². The van der Waals surface area contributed by atoms with E-state index in [0.29, 0.717) is 11.3 Å². The molecular formula is C13H10BrN3O2. The first-order valence-electron chi connectivity index (χ1n) is 5.39. The number of nitrogens with zero attached hydrogens (tertiary/aromatic N) is 1. The van der Waals surface area contributed by atoms with Gasteiger partial charge in [0.25, 0.3) is 11.8 Å². The van der Waals surface area contributed by atoms with Gasteiger partial charge in [-0.25, -0.2) is 0 Å². The topological polar surface area (TPSA) is 85.1 Å². The molecule has 0 fully saturated rings. The van der Waals surface area contributed by atoms with Gasteiger partial charge in [0.1, 0.15) is 5.69 Å². The van der Waals surface area contributed by atoms with Crippen LogP contribution in [0, 0.1) is 0 Å². The fourth-order valence-electron chi connectivity index (χ4n) is 1.41. The molecule has 0 spiro atoms. The predicted molar refractivity (Wildman–Crippen MR) is 74.9 cm³/mol. The number of amides is 2. The van der Waals surface area contributed by atoms with Gasteiger partial charge in [0.2, 0.25) is 0 Å². The molecule has 0 saturated carbocycles. The van der Waals surface area contributed by atoms with Crippen LogP contribution in [0.5, 0.6) is 0 Å². The molecule has 0 atom stereocenters. The van der Waals surface area contributed by atoms with Gasteiger partial charge in [0.15, 0.2) is 0 Å². The number of hydrogen-bond acceptors (Lipinski definition) is 3. The average molecular weight is 320 g/mol. The zero-order valence-electron chi connectivity index (χ0n) is 9.76. The smallest absolute Gasteiger partial charge is 0.267 e. The molecule has 0 aliphatic heterocycles. The number of carbonyl (C=O) groups is 2. The molecule has 19 heavy (non-hydrogen) atoms. The van der Waals surface area contributed by atoms with Gasteiger partial charge in [0.05, 0.1) is 5.56 Å². The first-order valence-corrected chi connectivity index (χ1v) is 6.18. The molecular weight excluding hydrogens is 310 g/mol. The molecule has 2 amide bonds. The molecule has 0 aliphatic carbocycles. The number of carbonyl (C=O) groups excluding carboxylic acids is 2. The standard InChI is InChI=1S/C13H10BrN3O2/c14-9-2-4-10(5-3-9)17-13(19)8-1-6-11(12(15)18)16-7-8/h1-7H,(H2,15,18)(H,17,19). The summed E-state index contributed by atoms with van der Waals surface area (Å²) in [5.41, 5.74) is 6.22. The van der Waals surface area contributed by atoms with E-state index in [9.17, 15) is 9.59 Å². The monoisotopic (exact) mass is 319 g/mol. The lowest BCUT2D eigenvalue weighted by Crippen LogP contribution is -2.15. The van der Waals surface area contributed by atoms with Crippen LogP contribution in [0.4, 0.5) is 5.69 Å². The molecule has 1 aromatic heterocycles. The summed E-state index contributed by atoms with van der Waals surface area (Å²) in [5, 5.41) is 2.72. The van der Waals surface area contributed by atoms with Crippen LogP contribution >= 0.6 is 15.9 Å². The van der Waals surface area contributed by atoms with Crippen molar-refractivity contribution in [3.05, 3.63) is 58.3 Å². The number of halogens is 1. The van der Waals surface area contributed by atoms with E-state index in [1.807, 2.05) is 12.1 Å². The van der Waals surface area contributed by atoms with E-state index >= 15 is 0 Å². The predicted octanol–water partition coefficient (Wildman–Crippen LogP) is 2.20. The molecule has 0 radical (unpaired) electrons. The maximum absolute atomic E-state index is 11.9. The van der Waals surface area contributed by atoms with Crippen molar-refractivity contribution < 1.29 is 9.59 Å². The van der Waals surface area contributed by atoms with Crippen LogP contribution in [0.3, 0.4) is 0 Å². The summed E-state index contributed by atoms with van der Waals surface area (Å²) >= 11 is 3.31. The van der Waals surface area contributed by atoms with Crippen LogP contribution in [0.2, 0.25) is 0 Å². The molecule has 2 aromatic rings. The third-order valence-corrected chi connectivity index (χ3v) is 2.91. The Morgan fingerprint density at radius 3 is 2.32 bits per heavy atom. The van der Waals surface area contributed by atoms with Crippen LogP contribution in [0.1, 0.15) is 20.8 Å². The normalized spacial score (nSPS) is 9.95. The first-order chi connectivity index (χ1) is 9.06. The van der Waals surface area contributed by atoms with Gasteiger partial charge in [-0.15, -0.1) is 0 Å². The fraction of sp³-hybridized carbons (Fsp3) is 0. The van der Waals surface area contributed by atoms with Crippen molar-refractivity contribution in [3.63, 3.8) is 0 Å². The van der Waals surface area contributed by atoms with E-state index in [-0.39, 0.29) is 11.6 Å².